The van der Waals surface area contributed by atoms with Gasteiger partial charge in [0.25, 0.3) is 0 Å². The number of nitrogens with two attached hydrogens (primary N) is 1. The average Bonchev–Trinajstić information content (AvgIpc) is 2.35. The highest BCUT2D eigenvalue weighted by molar-refractivity contribution is 5.78. The van der Waals surface area contributed by atoms with Gasteiger partial charge in [-0.3, -0.25) is 4.79 Å². The maximum Gasteiger partial charge on any atom is 0.389 e. The van der Waals surface area contributed by atoms with Gasteiger partial charge < -0.3 is 5.73 Å². The molecule has 1 unspecified atom stereocenters. The molecular formula is C14H18F3NO. The second-order valence-electron chi connectivity index (χ2n) is 4.56. The number of hydrogen-bond donors (Lipinski definition) is 1. The first kappa shape index (κ1) is 15.7. The quantitative estimate of drug-likeness (QED) is 0.821. The van der Waals surface area contributed by atoms with E-state index in [0.29, 0.717) is 6.42 Å². The fourth-order valence-corrected chi connectivity index (χ4v) is 1.79. The summed E-state index contributed by atoms with van der Waals surface area (Å²) < 4.78 is 35.7. The lowest BCUT2D eigenvalue weighted by atomic mass is 10.00. The van der Waals surface area contributed by atoms with E-state index in [4.69, 9.17) is 5.73 Å². The summed E-state index contributed by atoms with van der Waals surface area (Å²) in [5.41, 5.74) is 6.84. The van der Waals surface area contributed by atoms with Crippen molar-refractivity contribution in [2.24, 2.45) is 5.73 Å². The minimum Gasteiger partial charge on any atom is -0.324 e. The summed E-state index contributed by atoms with van der Waals surface area (Å²) in [6, 6.07) is 9.10. The molecule has 5 heteroatoms. The first-order valence-electron chi connectivity index (χ1n) is 6.27. The summed E-state index contributed by atoms with van der Waals surface area (Å²) >= 11 is 0. The van der Waals surface area contributed by atoms with Crippen LogP contribution in [-0.4, -0.2) is 12.0 Å². The molecule has 0 heterocycles. The highest BCUT2D eigenvalue weighted by atomic mass is 19.4. The molecule has 1 atom stereocenters. The second kappa shape index (κ2) is 7.28. The third kappa shape index (κ3) is 6.96. The summed E-state index contributed by atoms with van der Waals surface area (Å²) in [6.07, 6.45) is -4.54. The van der Waals surface area contributed by atoms with E-state index in [2.05, 4.69) is 0 Å². The van der Waals surface area contributed by atoms with E-state index in [0.717, 1.165) is 5.56 Å². The Bertz CT molecular complexity index is 389. The van der Waals surface area contributed by atoms with E-state index in [1.165, 1.54) is 0 Å². The van der Waals surface area contributed by atoms with Crippen LogP contribution in [0.25, 0.3) is 0 Å². The van der Waals surface area contributed by atoms with Crippen molar-refractivity contribution >= 4 is 5.78 Å². The lowest BCUT2D eigenvalue weighted by molar-refractivity contribution is -0.137. The molecule has 0 radical (unpaired) electrons. The van der Waals surface area contributed by atoms with Crippen molar-refractivity contribution in [3.63, 3.8) is 0 Å². The highest BCUT2D eigenvalue weighted by Crippen LogP contribution is 2.23. The minimum absolute atomic E-state index is 0.0268. The smallest absolute Gasteiger partial charge is 0.324 e. The maximum atomic E-state index is 11.9. The van der Waals surface area contributed by atoms with Crippen molar-refractivity contribution in [2.75, 3.05) is 0 Å². The lowest BCUT2D eigenvalue weighted by Gasteiger charge is -2.11. The third-order valence-electron chi connectivity index (χ3n) is 2.88. The van der Waals surface area contributed by atoms with E-state index in [9.17, 15) is 18.0 Å². The van der Waals surface area contributed by atoms with Gasteiger partial charge in [0.15, 0.2) is 0 Å². The molecule has 0 aliphatic heterocycles. The molecule has 0 aliphatic carbocycles. The van der Waals surface area contributed by atoms with Crippen LogP contribution < -0.4 is 5.73 Å². The predicted molar refractivity (Wildman–Crippen MR) is 67.5 cm³/mol. The number of carbonyl (C=O) groups is 1. The Hall–Kier alpha value is -1.36. The summed E-state index contributed by atoms with van der Waals surface area (Å²) in [5, 5.41) is 0. The first-order valence-corrected chi connectivity index (χ1v) is 6.27. The molecule has 106 valence electrons. The Labute approximate surface area is 110 Å². The molecule has 0 saturated carbocycles. The van der Waals surface area contributed by atoms with E-state index < -0.39 is 12.6 Å². The molecule has 0 amide bonds. The average molecular weight is 273 g/mol. The molecule has 1 aromatic rings. The number of halogens is 3. The molecule has 1 aromatic carbocycles. The van der Waals surface area contributed by atoms with E-state index in [1.807, 2.05) is 30.3 Å². The molecule has 0 aliphatic rings. The molecule has 1 rings (SSSR count). The van der Waals surface area contributed by atoms with Crippen LogP contribution in [-0.2, 0) is 4.79 Å². The Kier molecular flexibility index (Phi) is 6.02. The zero-order valence-corrected chi connectivity index (χ0v) is 10.6. The number of Topliss-reactive ketones (excluding diaryl/α,β-unsaturated/α-hetero) is 1. The summed E-state index contributed by atoms with van der Waals surface area (Å²) in [7, 11) is 0. The van der Waals surface area contributed by atoms with Crippen molar-refractivity contribution < 1.29 is 18.0 Å². The highest BCUT2D eigenvalue weighted by Gasteiger charge is 2.26. The second-order valence-corrected chi connectivity index (χ2v) is 4.56. The Morgan fingerprint density at radius 3 is 2.37 bits per heavy atom. The zero-order chi connectivity index (χ0) is 14.3. The first-order chi connectivity index (χ1) is 8.88. The molecule has 0 bridgehead atoms. The van der Waals surface area contributed by atoms with Gasteiger partial charge in [-0.15, -0.1) is 0 Å². The Balaban J connectivity index is 2.23. The maximum absolute atomic E-state index is 11.9. The fourth-order valence-electron chi connectivity index (χ4n) is 1.79. The largest absolute Gasteiger partial charge is 0.389 e. The molecule has 0 saturated heterocycles. The summed E-state index contributed by atoms with van der Waals surface area (Å²) in [4.78, 5) is 11.4. The number of rotatable bonds is 7. The van der Waals surface area contributed by atoms with Crippen molar-refractivity contribution in [2.45, 2.75) is 44.3 Å². The fraction of sp³-hybridized carbons (Fsp3) is 0.500. The van der Waals surface area contributed by atoms with Gasteiger partial charge in [0, 0.05) is 25.3 Å². The molecule has 0 fully saturated rings. The zero-order valence-electron chi connectivity index (χ0n) is 10.6. The van der Waals surface area contributed by atoms with Crippen LogP contribution >= 0.6 is 0 Å². The molecule has 19 heavy (non-hydrogen) atoms. The van der Waals surface area contributed by atoms with Gasteiger partial charge in [0.05, 0.1) is 0 Å². The van der Waals surface area contributed by atoms with Crippen LogP contribution in [0.2, 0.25) is 0 Å². The van der Waals surface area contributed by atoms with Crippen LogP contribution in [0, 0.1) is 0 Å². The SMILES string of the molecule is NC(CCC(=O)CCCC(F)(F)F)c1ccccc1. The predicted octanol–water partition coefficient (Wildman–Crippen LogP) is 3.77. The minimum atomic E-state index is -4.18. The van der Waals surface area contributed by atoms with Gasteiger partial charge in [-0.05, 0) is 18.4 Å². The standard InChI is InChI=1S/C14H18F3NO/c15-14(16,17)10-4-7-12(19)8-9-13(18)11-5-2-1-3-6-11/h1-3,5-6,13H,4,7-10,18H2. The van der Waals surface area contributed by atoms with Gasteiger partial charge in [0.1, 0.15) is 5.78 Å². The number of ketones is 1. The van der Waals surface area contributed by atoms with Crippen LogP contribution in [0.1, 0.15) is 43.7 Å². The monoisotopic (exact) mass is 273 g/mol. The molecule has 2 N–H and O–H groups in total. The number of hydrogen-bond acceptors (Lipinski definition) is 2. The topological polar surface area (TPSA) is 43.1 Å². The number of alkyl halides is 3. The van der Waals surface area contributed by atoms with Crippen molar-refractivity contribution in [3.8, 4) is 0 Å². The van der Waals surface area contributed by atoms with Gasteiger partial charge in [-0.25, -0.2) is 0 Å². The number of benzene rings is 1. The van der Waals surface area contributed by atoms with Crippen LogP contribution in [0.15, 0.2) is 30.3 Å². The molecule has 2 nitrogen and oxygen atoms in total. The summed E-state index contributed by atoms with van der Waals surface area (Å²) in [5.74, 6) is -0.157. The van der Waals surface area contributed by atoms with Gasteiger partial charge in [-0.1, -0.05) is 30.3 Å². The molecule has 0 aromatic heterocycles. The normalized spacial score (nSPS) is 13.3. The van der Waals surface area contributed by atoms with Gasteiger partial charge in [-0.2, -0.15) is 13.2 Å². The lowest BCUT2D eigenvalue weighted by Crippen LogP contribution is -2.13. The molecule has 0 spiro atoms. The Morgan fingerprint density at radius 2 is 1.79 bits per heavy atom. The molecular weight excluding hydrogens is 255 g/mol. The van der Waals surface area contributed by atoms with E-state index in [1.54, 1.807) is 0 Å². The van der Waals surface area contributed by atoms with E-state index >= 15 is 0 Å². The van der Waals surface area contributed by atoms with Gasteiger partial charge in [0.2, 0.25) is 0 Å². The van der Waals surface area contributed by atoms with Crippen LogP contribution in [0.5, 0.6) is 0 Å². The number of carbonyl (C=O) groups excluding carboxylic acids is 1. The van der Waals surface area contributed by atoms with Crippen LogP contribution in [0.4, 0.5) is 13.2 Å². The Morgan fingerprint density at radius 1 is 1.16 bits per heavy atom. The van der Waals surface area contributed by atoms with Crippen molar-refractivity contribution in [1.29, 1.82) is 0 Å². The van der Waals surface area contributed by atoms with Crippen molar-refractivity contribution in [3.05, 3.63) is 35.9 Å². The van der Waals surface area contributed by atoms with Crippen LogP contribution in [0.3, 0.4) is 0 Å². The van der Waals surface area contributed by atoms with Gasteiger partial charge >= 0.3 is 6.18 Å². The summed E-state index contributed by atoms with van der Waals surface area (Å²) in [6.45, 7) is 0. The van der Waals surface area contributed by atoms with E-state index in [-0.39, 0.29) is 31.1 Å². The van der Waals surface area contributed by atoms with Crippen molar-refractivity contribution in [1.82, 2.24) is 0 Å². The third-order valence-corrected chi connectivity index (χ3v) is 2.88.